The fraction of sp³-hybridized carbons (Fsp3) is 0.455. The zero-order valence-electron chi connectivity index (χ0n) is 33.3. The molecule has 0 bridgehead atoms. The van der Waals surface area contributed by atoms with Crippen molar-refractivity contribution in [1.82, 2.24) is 25.3 Å². The number of piperazine rings is 1. The van der Waals surface area contributed by atoms with Crippen molar-refractivity contribution in [1.29, 1.82) is 5.26 Å². The van der Waals surface area contributed by atoms with Crippen LogP contribution in [0, 0.1) is 28.1 Å². The van der Waals surface area contributed by atoms with Gasteiger partial charge in [0.25, 0.3) is 17.4 Å². The number of imide groups is 1. The second kappa shape index (κ2) is 15.4. The third kappa shape index (κ3) is 7.39. The third-order valence-corrected chi connectivity index (χ3v) is 13.1. The highest BCUT2D eigenvalue weighted by molar-refractivity contribution is 6.31. The maximum atomic E-state index is 13.5. The maximum absolute atomic E-state index is 13.5. The van der Waals surface area contributed by atoms with Gasteiger partial charge in [-0.2, -0.15) is 10.4 Å². The lowest BCUT2D eigenvalue weighted by Gasteiger charge is -2.63. The summed E-state index contributed by atoms with van der Waals surface area (Å²) in [5, 5.41) is 20.7. The van der Waals surface area contributed by atoms with Crippen LogP contribution >= 0.6 is 11.6 Å². The number of nitrogens with zero attached hydrogens (tertiary/aromatic N) is 6. The highest BCUT2D eigenvalue weighted by Gasteiger charge is 2.64. The number of carbonyl (C=O) groups excluding carboxylic acids is 3. The summed E-state index contributed by atoms with van der Waals surface area (Å²) in [6, 6.07) is 20.0. The van der Waals surface area contributed by atoms with E-state index >= 15 is 0 Å². The summed E-state index contributed by atoms with van der Waals surface area (Å²) in [5.74, 6) is 0.223. The number of aromatic nitrogens is 2. The lowest BCUT2D eigenvalue weighted by molar-refractivity contribution is -0.164. The monoisotopic (exact) mass is 804 g/mol. The van der Waals surface area contributed by atoms with Crippen molar-refractivity contribution in [3.05, 3.63) is 93.4 Å². The summed E-state index contributed by atoms with van der Waals surface area (Å²) in [5.41, 5.74) is 2.17. The van der Waals surface area contributed by atoms with Crippen LogP contribution in [0.2, 0.25) is 5.02 Å². The number of halogens is 1. The van der Waals surface area contributed by atoms with Gasteiger partial charge in [0.2, 0.25) is 5.91 Å². The Kier molecular flexibility index (Phi) is 10.4. The normalized spacial score (nSPS) is 24.2. The maximum Gasteiger partial charge on any atom is 0.275 e. The smallest absolute Gasteiger partial charge is 0.275 e. The molecule has 13 nitrogen and oxygen atoms in total. The largest absolute Gasteiger partial charge is 0.489 e. The van der Waals surface area contributed by atoms with Gasteiger partial charge in [-0.15, -0.1) is 0 Å². The van der Waals surface area contributed by atoms with Gasteiger partial charge in [0.05, 0.1) is 22.2 Å². The number of hydrogen-bond donors (Lipinski definition) is 2. The molecular weight excluding hydrogens is 756 g/mol. The summed E-state index contributed by atoms with van der Waals surface area (Å²) in [4.78, 5) is 58.0. The average Bonchev–Trinajstić information content (AvgIpc) is 3.68. The third-order valence-electron chi connectivity index (χ3n) is 12.8. The van der Waals surface area contributed by atoms with Gasteiger partial charge in [-0.1, -0.05) is 39.3 Å². The van der Waals surface area contributed by atoms with E-state index in [2.05, 4.69) is 76.3 Å². The SMILES string of the molecule is CC1(C)C(NC(=O)c2ccc(N3CCC(CN4CCN(c5ccc6c(=O)n(C7CCC(=O)NC7=O)ncc6c5)CC4)C3)cc2)C(C)(C)C1Oc1ccc(C#N)c(Cl)c1. The van der Waals surface area contributed by atoms with Crippen LogP contribution in [-0.2, 0) is 9.59 Å². The highest BCUT2D eigenvalue weighted by Crippen LogP contribution is 2.55. The number of nitriles is 1. The molecule has 4 fully saturated rings. The number of hydrogen-bond acceptors (Lipinski definition) is 10. The first kappa shape index (κ1) is 39.4. The number of anilines is 2. The lowest BCUT2D eigenvalue weighted by Crippen LogP contribution is -2.74. The fourth-order valence-electron chi connectivity index (χ4n) is 9.89. The number of ether oxygens (including phenoxy) is 1. The summed E-state index contributed by atoms with van der Waals surface area (Å²) >= 11 is 6.26. The highest BCUT2D eigenvalue weighted by atomic mass is 35.5. The van der Waals surface area contributed by atoms with Gasteiger partial charge in [-0.25, -0.2) is 4.68 Å². The molecule has 1 aromatic heterocycles. The molecule has 4 heterocycles. The van der Waals surface area contributed by atoms with Crippen LogP contribution in [0.15, 0.2) is 71.7 Å². The summed E-state index contributed by atoms with van der Waals surface area (Å²) < 4.78 is 7.59. The van der Waals surface area contributed by atoms with Crippen molar-refractivity contribution >= 4 is 51.5 Å². The second-order valence-corrected chi connectivity index (χ2v) is 17.8. The molecule has 0 radical (unpaired) electrons. The van der Waals surface area contributed by atoms with Crippen LogP contribution in [0.25, 0.3) is 10.8 Å². The van der Waals surface area contributed by atoms with E-state index in [4.69, 9.17) is 16.3 Å². The van der Waals surface area contributed by atoms with Gasteiger partial charge in [0.15, 0.2) is 0 Å². The van der Waals surface area contributed by atoms with Gasteiger partial charge < -0.3 is 19.9 Å². The van der Waals surface area contributed by atoms with E-state index in [9.17, 15) is 24.4 Å². The number of amides is 3. The molecule has 8 rings (SSSR count). The number of fused-ring (bicyclic) bond motifs is 1. The zero-order chi connectivity index (χ0) is 40.9. The molecule has 4 aliphatic rings. The Morgan fingerprint density at radius 2 is 1.66 bits per heavy atom. The molecule has 1 saturated carbocycles. The molecule has 0 spiro atoms. The Bertz CT molecular complexity index is 2350. The first-order chi connectivity index (χ1) is 27.7. The number of carbonyl (C=O) groups is 3. The van der Waals surface area contributed by atoms with Gasteiger partial charge in [0.1, 0.15) is 24.0 Å². The molecule has 2 N–H and O–H groups in total. The van der Waals surface area contributed by atoms with Crippen LogP contribution in [-0.4, -0.2) is 90.4 Å². The van der Waals surface area contributed by atoms with Crippen LogP contribution in [0.1, 0.15) is 68.9 Å². The van der Waals surface area contributed by atoms with Crippen molar-refractivity contribution in [2.75, 3.05) is 55.6 Å². The number of piperidine rings is 1. The van der Waals surface area contributed by atoms with E-state index < -0.39 is 11.9 Å². The minimum absolute atomic E-state index is 0.107. The van der Waals surface area contributed by atoms with Gasteiger partial charge in [-0.3, -0.25) is 29.4 Å². The van der Waals surface area contributed by atoms with E-state index in [0.29, 0.717) is 33.2 Å². The van der Waals surface area contributed by atoms with Crippen LogP contribution < -0.4 is 30.7 Å². The fourth-order valence-corrected chi connectivity index (χ4v) is 10.1. The first-order valence-electron chi connectivity index (χ1n) is 20.1. The first-order valence-corrected chi connectivity index (χ1v) is 20.5. The topological polar surface area (TPSA) is 153 Å². The molecule has 2 unspecified atom stereocenters. The summed E-state index contributed by atoms with van der Waals surface area (Å²) in [6.45, 7) is 15.0. The van der Waals surface area contributed by atoms with E-state index in [1.807, 2.05) is 30.3 Å². The van der Waals surface area contributed by atoms with Crippen LogP contribution in [0.3, 0.4) is 0 Å². The summed E-state index contributed by atoms with van der Waals surface area (Å²) in [6.07, 6.45) is 3.01. The molecule has 302 valence electrons. The number of rotatable bonds is 9. The quantitative estimate of drug-likeness (QED) is 0.217. The van der Waals surface area contributed by atoms with Crippen molar-refractivity contribution in [3.8, 4) is 11.8 Å². The minimum atomic E-state index is -0.785. The van der Waals surface area contributed by atoms with Crippen LogP contribution in [0.4, 0.5) is 11.4 Å². The van der Waals surface area contributed by atoms with E-state index in [0.717, 1.165) is 69.0 Å². The molecule has 2 atom stereocenters. The van der Waals surface area contributed by atoms with Crippen molar-refractivity contribution < 1.29 is 19.1 Å². The minimum Gasteiger partial charge on any atom is -0.489 e. The van der Waals surface area contributed by atoms with Gasteiger partial charge in [-0.05, 0) is 73.4 Å². The standard InChI is InChI=1S/C44H49ClN8O5/c1-43(2)41(44(3,4)42(43)58-33-11-7-29(23-46)35(45)22-33)49-38(55)28-5-8-31(9-6-28)52-16-15-27(26-52)25-50-17-19-51(20-18-50)32-10-12-34-30(21-32)24-47-53(40(34)57)36-13-14-37(54)48-39(36)56/h5-12,21-22,24,27,36,41-42H,13-20,25-26H2,1-4H3,(H,49,55)(H,48,54,56). The van der Waals surface area contributed by atoms with Crippen molar-refractivity contribution in [2.24, 2.45) is 16.7 Å². The van der Waals surface area contributed by atoms with Crippen molar-refractivity contribution in [3.63, 3.8) is 0 Å². The molecule has 3 aromatic carbocycles. The molecule has 14 heteroatoms. The summed E-state index contributed by atoms with van der Waals surface area (Å²) in [7, 11) is 0. The Morgan fingerprint density at radius 1 is 0.931 bits per heavy atom. The molecule has 4 aromatic rings. The zero-order valence-corrected chi connectivity index (χ0v) is 34.1. The molecule has 1 aliphatic carbocycles. The Morgan fingerprint density at radius 3 is 2.34 bits per heavy atom. The molecule has 3 aliphatic heterocycles. The second-order valence-electron chi connectivity index (χ2n) is 17.4. The van der Waals surface area contributed by atoms with Gasteiger partial charge in [0, 0.05) is 97.5 Å². The number of nitrogens with one attached hydrogen (secondary N) is 2. The Labute approximate surface area is 342 Å². The van der Waals surface area contributed by atoms with Crippen LogP contribution in [0.5, 0.6) is 5.75 Å². The Hall–Kier alpha value is -5.45. The van der Waals surface area contributed by atoms with E-state index in [-0.39, 0.29) is 53.2 Å². The van der Waals surface area contributed by atoms with Gasteiger partial charge >= 0.3 is 0 Å². The predicted molar refractivity (Wildman–Crippen MR) is 222 cm³/mol. The molecule has 58 heavy (non-hydrogen) atoms. The van der Waals surface area contributed by atoms with E-state index in [1.165, 1.54) is 4.68 Å². The molecule has 3 saturated heterocycles. The lowest BCUT2D eigenvalue weighted by atomic mass is 9.49. The van der Waals surface area contributed by atoms with E-state index in [1.54, 1.807) is 24.4 Å². The predicted octanol–water partition coefficient (Wildman–Crippen LogP) is 5.16. The van der Waals surface area contributed by atoms with Crippen molar-refractivity contribution in [2.45, 2.75) is 65.1 Å². The Balaban J connectivity index is 0.812. The molecular formula is C44H49ClN8O5. The number of benzene rings is 3. The average molecular weight is 805 g/mol. The molecule has 3 amide bonds.